The molecule has 5 nitrogen and oxygen atoms in total. The van der Waals surface area contributed by atoms with E-state index in [0.29, 0.717) is 23.6 Å². The molecule has 1 heterocycles. The van der Waals surface area contributed by atoms with Gasteiger partial charge in [0.2, 0.25) is 0 Å². The summed E-state index contributed by atoms with van der Waals surface area (Å²) in [6.45, 7) is 0.688. The van der Waals surface area contributed by atoms with E-state index in [2.05, 4.69) is 0 Å². The number of ether oxygens (including phenoxy) is 3. The number of carbonyl (C=O) groups excluding carboxylic acids is 1. The zero-order valence-corrected chi connectivity index (χ0v) is 14.2. The Hall–Kier alpha value is -2.69. The number of methoxy groups -OCH3 is 3. The van der Waals surface area contributed by atoms with Crippen molar-refractivity contribution in [3.8, 4) is 17.2 Å². The van der Waals surface area contributed by atoms with Gasteiger partial charge in [0.15, 0.2) is 0 Å². The molecule has 0 N–H and O–H groups in total. The number of amides is 1. The van der Waals surface area contributed by atoms with Gasteiger partial charge in [-0.3, -0.25) is 4.79 Å². The molecule has 1 aliphatic rings. The summed E-state index contributed by atoms with van der Waals surface area (Å²) in [5.74, 6) is 1.91. The maximum atomic E-state index is 13.1. The maximum Gasteiger partial charge on any atom is 0.262 e. The molecule has 0 unspecified atom stereocenters. The first-order valence-corrected chi connectivity index (χ1v) is 7.88. The number of benzene rings is 2. The standard InChI is InChI=1S/C19H21NO4/c1-22-14-7-9-17-13(11-14)5-4-10-20(17)19(21)16-8-6-15(23-2)12-18(16)24-3/h6-9,11-12H,4-5,10H2,1-3H3. The Morgan fingerprint density at radius 3 is 2.38 bits per heavy atom. The molecule has 0 atom stereocenters. The monoisotopic (exact) mass is 327 g/mol. The van der Waals surface area contributed by atoms with Crippen molar-refractivity contribution in [1.29, 1.82) is 0 Å². The first-order chi connectivity index (χ1) is 11.7. The third-order valence-corrected chi connectivity index (χ3v) is 4.29. The van der Waals surface area contributed by atoms with Crippen LogP contribution in [0.15, 0.2) is 36.4 Å². The number of aryl methyl sites for hydroxylation is 1. The van der Waals surface area contributed by atoms with Gasteiger partial charge in [0.1, 0.15) is 17.2 Å². The molecular formula is C19H21NO4. The van der Waals surface area contributed by atoms with Gasteiger partial charge < -0.3 is 19.1 Å². The largest absolute Gasteiger partial charge is 0.497 e. The van der Waals surface area contributed by atoms with E-state index in [-0.39, 0.29) is 5.91 Å². The van der Waals surface area contributed by atoms with Crippen LogP contribution in [0.1, 0.15) is 22.3 Å². The molecule has 0 aromatic heterocycles. The van der Waals surface area contributed by atoms with E-state index < -0.39 is 0 Å². The summed E-state index contributed by atoms with van der Waals surface area (Å²) in [4.78, 5) is 14.9. The summed E-state index contributed by atoms with van der Waals surface area (Å²) in [5, 5.41) is 0. The Balaban J connectivity index is 1.97. The second kappa shape index (κ2) is 6.83. The predicted molar refractivity (Wildman–Crippen MR) is 92.5 cm³/mol. The van der Waals surface area contributed by atoms with Crippen molar-refractivity contribution >= 4 is 11.6 Å². The normalized spacial score (nSPS) is 13.2. The molecule has 1 amide bonds. The van der Waals surface area contributed by atoms with Gasteiger partial charge in [0.25, 0.3) is 5.91 Å². The van der Waals surface area contributed by atoms with Crippen LogP contribution in [0, 0.1) is 0 Å². The van der Waals surface area contributed by atoms with Crippen LogP contribution in [0.5, 0.6) is 17.2 Å². The van der Waals surface area contributed by atoms with Gasteiger partial charge in [-0.05, 0) is 48.7 Å². The van der Waals surface area contributed by atoms with Crippen LogP contribution in [0.4, 0.5) is 5.69 Å². The van der Waals surface area contributed by atoms with E-state index in [4.69, 9.17) is 14.2 Å². The number of fused-ring (bicyclic) bond motifs is 1. The Morgan fingerprint density at radius 2 is 1.67 bits per heavy atom. The van der Waals surface area contributed by atoms with Crippen molar-refractivity contribution in [2.45, 2.75) is 12.8 Å². The van der Waals surface area contributed by atoms with E-state index in [1.165, 1.54) is 0 Å². The molecule has 126 valence electrons. The summed E-state index contributed by atoms with van der Waals surface area (Å²) in [6, 6.07) is 11.1. The number of carbonyl (C=O) groups is 1. The lowest BCUT2D eigenvalue weighted by atomic mass is 10.00. The smallest absolute Gasteiger partial charge is 0.262 e. The summed E-state index contributed by atoms with van der Waals surface area (Å²) >= 11 is 0. The van der Waals surface area contributed by atoms with Gasteiger partial charge in [-0.2, -0.15) is 0 Å². The third-order valence-electron chi connectivity index (χ3n) is 4.29. The Kier molecular flexibility index (Phi) is 4.60. The first-order valence-electron chi connectivity index (χ1n) is 7.88. The average Bonchev–Trinajstić information content (AvgIpc) is 2.65. The third kappa shape index (κ3) is 2.89. The van der Waals surface area contributed by atoms with Crippen molar-refractivity contribution in [2.75, 3.05) is 32.8 Å². The second-order valence-corrected chi connectivity index (χ2v) is 5.62. The van der Waals surface area contributed by atoms with E-state index in [0.717, 1.165) is 29.8 Å². The molecule has 0 saturated heterocycles. The van der Waals surface area contributed by atoms with Crippen LogP contribution < -0.4 is 19.1 Å². The fourth-order valence-corrected chi connectivity index (χ4v) is 3.03. The van der Waals surface area contributed by atoms with E-state index in [1.54, 1.807) is 39.5 Å². The van der Waals surface area contributed by atoms with Crippen LogP contribution in [-0.2, 0) is 6.42 Å². The summed E-state index contributed by atoms with van der Waals surface area (Å²) in [7, 11) is 4.79. The molecule has 0 bridgehead atoms. The van der Waals surface area contributed by atoms with Crippen molar-refractivity contribution < 1.29 is 19.0 Å². The second-order valence-electron chi connectivity index (χ2n) is 5.62. The van der Waals surface area contributed by atoms with Crippen molar-refractivity contribution in [2.24, 2.45) is 0 Å². The van der Waals surface area contributed by atoms with E-state index in [1.807, 2.05) is 23.1 Å². The minimum absolute atomic E-state index is 0.0689. The minimum Gasteiger partial charge on any atom is -0.497 e. The average molecular weight is 327 g/mol. The van der Waals surface area contributed by atoms with Gasteiger partial charge in [-0.1, -0.05) is 0 Å². The predicted octanol–water partition coefficient (Wildman–Crippen LogP) is 3.31. The number of hydrogen-bond acceptors (Lipinski definition) is 4. The highest BCUT2D eigenvalue weighted by molar-refractivity contribution is 6.08. The van der Waals surface area contributed by atoms with Gasteiger partial charge in [-0.25, -0.2) is 0 Å². The SMILES string of the molecule is COc1ccc2c(c1)CCCN2C(=O)c1ccc(OC)cc1OC. The van der Waals surface area contributed by atoms with Crippen molar-refractivity contribution in [3.63, 3.8) is 0 Å². The zero-order valence-electron chi connectivity index (χ0n) is 14.2. The lowest BCUT2D eigenvalue weighted by molar-refractivity contribution is 0.0982. The molecular weight excluding hydrogens is 306 g/mol. The van der Waals surface area contributed by atoms with Crippen LogP contribution in [0.25, 0.3) is 0 Å². The summed E-state index contributed by atoms with van der Waals surface area (Å²) in [5.41, 5.74) is 2.59. The lowest BCUT2D eigenvalue weighted by Gasteiger charge is -2.30. The molecule has 2 aromatic rings. The maximum absolute atomic E-state index is 13.1. The quantitative estimate of drug-likeness (QED) is 0.864. The van der Waals surface area contributed by atoms with Gasteiger partial charge in [-0.15, -0.1) is 0 Å². The van der Waals surface area contributed by atoms with E-state index >= 15 is 0 Å². The molecule has 24 heavy (non-hydrogen) atoms. The number of rotatable bonds is 4. The van der Waals surface area contributed by atoms with Crippen LogP contribution in [0.2, 0.25) is 0 Å². The first kappa shape index (κ1) is 16.2. The molecule has 0 spiro atoms. The Morgan fingerprint density at radius 1 is 0.958 bits per heavy atom. The Bertz CT molecular complexity index is 757. The molecule has 0 radical (unpaired) electrons. The lowest BCUT2D eigenvalue weighted by Crippen LogP contribution is -2.35. The van der Waals surface area contributed by atoms with Crippen LogP contribution in [0.3, 0.4) is 0 Å². The minimum atomic E-state index is -0.0689. The summed E-state index contributed by atoms with van der Waals surface area (Å²) < 4.78 is 15.9. The van der Waals surface area contributed by atoms with Crippen LogP contribution in [-0.4, -0.2) is 33.8 Å². The van der Waals surface area contributed by atoms with E-state index in [9.17, 15) is 4.79 Å². The highest BCUT2D eigenvalue weighted by atomic mass is 16.5. The highest BCUT2D eigenvalue weighted by Crippen LogP contribution is 2.33. The number of hydrogen-bond donors (Lipinski definition) is 0. The molecule has 0 saturated carbocycles. The fourth-order valence-electron chi connectivity index (χ4n) is 3.03. The molecule has 5 heteroatoms. The van der Waals surface area contributed by atoms with Gasteiger partial charge in [0.05, 0.1) is 26.9 Å². The summed E-state index contributed by atoms with van der Waals surface area (Å²) in [6.07, 6.45) is 1.86. The zero-order chi connectivity index (χ0) is 17.1. The van der Waals surface area contributed by atoms with Gasteiger partial charge >= 0.3 is 0 Å². The molecule has 1 aliphatic heterocycles. The molecule has 3 rings (SSSR count). The van der Waals surface area contributed by atoms with Gasteiger partial charge in [0, 0.05) is 18.3 Å². The number of anilines is 1. The fraction of sp³-hybridized carbons (Fsp3) is 0.316. The molecule has 0 fully saturated rings. The molecule has 0 aliphatic carbocycles. The van der Waals surface area contributed by atoms with Crippen LogP contribution >= 0.6 is 0 Å². The van der Waals surface area contributed by atoms with Crippen molar-refractivity contribution in [1.82, 2.24) is 0 Å². The Labute approximate surface area is 141 Å². The number of nitrogens with zero attached hydrogens (tertiary/aromatic N) is 1. The van der Waals surface area contributed by atoms with Crippen molar-refractivity contribution in [3.05, 3.63) is 47.5 Å². The highest BCUT2D eigenvalue weighted by Gasteiger charge is 2.26. The topological polar surface area (TPSA) is 48.0 Å². The molecule has 2 aromatic carbocycles.